The summed E-state index contributed by atoms with van der Waals surface area (Å²) < 4.78 is 7.72. The fourth-order valence-corrected chi connectivity index (χ4v) is 33.0. The van der Waals surface area contributed by atoms with E-state index >= 15 is 0 Å². The molecule has 2 unspecified atom stereocenters. The van der Waals surface area contributed by atoms with E-state index < -0.39 is 17.4 Å². The second-order valence-corrected chi connectivity index (χ2v) is 51.1. The van der Waals surface area contributed by atoms with Crippen molar-refractivity contribution < 1.29 is 17.4 Å². The van der Waals surface area contributed by atoms with Crippen molar-refractivity contribution >= 4 is 65.9 Å². The van der Waals surface area contributed by atoms with Gasteiger partial charge in [0.25, 0.3) is 0 Å². The van der Waals surface area contributed by atoms with Gasteiger partial charge in [0.05, 0.1) is 0 Å². The maximum absolute atomic E-state index is 3.95. The normalized spacial score (nSPS) is 18.2. The van der Waals surface area contributed by atoms with E-state index in [0.29, 0.717) is 14.8 Å². The Kier molecular flexibility index (Phi) is 12.1. The summed E-state index contributed by atoms with van der Waals surface area (Å²) in [5.74, 6) is 0.451. The van der Waals surface area contributed by atoms with E-state index in [1.807, 2.05) is 0 Å². The van der Waals surface area contributed by atoms with Crippen molar-refractivity contribution in [2.24, 2.45) is 5.92 Å². The second kappa shape index (κ2) is 15.7. The first-order chi connectivity index (χ1) is 26.2. The fourth-order valence-electron chi connectivity index (χ4n) is 10.2. The Morgan fingerprint density at radius 1 is 0.672 bits per heavy atom. The van der Waals surface area contributed by atoms with Gasteiger partial charge in [0.2, 0.25) is 0 Å². The Hall–Kier alpha value is -2.65. The largest absolute Gasteiger partial charge is 0.147 e. The van der Waals surface area contributed by atoms with Crippen LogP contribution in [0.1, 0.15) is 101 Å². The van der Waals surface area contributed by atoms with Gasteiger partial charge in [0.1, 0.15) is 0 Å². The van der Waals surface area contributed by atoms with Crippen LogP contribution in [-0.4, -0.2) is 12.1 Å². The first-order valence-electron chi connectivity index (χ1n) is 20.7. The van der Waals surface area contributed by atoms with Crippen molar-refractivity contribution in [2.75, 3.05) is 0 Å². The Balaban J connectivity index is 0.00000283. The molecule has 0 N–H and O–H groups in total. The van der Waals surface area contributed by atoms with Crippen LogP contribution in [0.15, 0.2) is 134 Å². The zero-order chi connectivity index (χ0) is 40.1. The van der Waals surface area contributed by atoms with E-state index in [-0.39, 0.29) is 35.6 Å². The summed E-state index contributed by atoms with van der Waals surface area (Å²) in [5, 5.41) is 3.09. The first-order valence-corrected chi connectivity index (χ1v) is 35.1. The van der Waals surface area contributed by atoms with Crippen LogP contribution in [0.25, 0.3) is 44.7 Å². The van der Waals surface area contributed by atoms with Crippen LogP contribution in [-0.2, 0) is 28.2 Å². The SMILES string of the molecule is CC1=Cc2c(-c3ccc(C(C)(C)C)cc3)cc(-c3ccc(C(C)(C)C)cc3)cc2[CH]1[Zr]([CH3])([CH3])(=[SiH2])[C]1=C2SC(C)C(c3cccc4ccccc34)=C2C=C1C(C)C.Cl.Cl. The van der Waals surface area contributed by atoms with Crippen LogP contribution < -0.4 is 0 Å². The number of thioether (sulfide) groups is 1. The molecule has 58 heavy (non-hydrogen) atoms. The van der Waals surface area contributed by atoms with Gasteiger partial charge < -0.3 is 0 Å². The summed E-state index contributed by atoms with van der Waals surface area (Å²) >= 11 is -1.81. The molecule has 8 rings (SSSR count). The molecule has 2 aliphatic carbocycles. The van der Waals surface area contributed by atoms with E-state index in [1.165, 1.54) is 72.0 Å². The summed E-state index contributed by atoms with van der Waals surface area (Å²) in [5.41, 5.74) is 18.8. The van der Waals surface area contributed by atoms with Gasteiger partial charge in [-0.05, 0) is 0 Å². The number of allylic oxidation sites excluding steroid dienone is 5. The third-order valence-electron chi connectivity index (χ3n) is 13.0. The van der Waals surface area contributed by atoms with Crippen LogP contribution in [0.5, 0.6) is 0 Å². The van der Waals surface area contributed by atoms with E-state index in [0.717, 1.165) is 0 Å². The van der Waals surface area contributed by atoms with Crippen molar-refractivity contribution in [1.82, 2.24) is 0 Å². The maximum atomic E-state index is 2.78. The molecule has 1 aliphatic heterocycles. The number of hydrogen-bond donors (Lipinski definition) is 0. The monoisotopic (exact) mass is 918 g/mol. The standard InChI is InChI=1S/C30H33.C21H19S.2CH3.2ClH.H2Si.Zr/c1-20-16-24-18-23(21-8-12-25(13-9-21)29(2,3)4)19-28(27(24)17-20)22-10-14-26(15-11-22)30(5,6)7;1-13(2)16-11-19-20(12-16)22-14(3)21(19)18-10-6-8-15-7-4-5-9-17(15)18;;;;;;/h8-19H,1-7H3;4-11,13-14H,1-3H3;2*1H3;2*1H;1H2;. The Morgan fingerprint density at radius 3 is 1.83 bits per heavy atom. The second-order valence-electron chi connectivity index (χ2n) is 20.4. The van der Waals surface area contributed by atoms with Crippen LogP contribution in [0.3, 0.4) is 0 Å². The zero-order valence-corrected chi connectivity index (χ0v) is 43.0. The number of halogens is 2. The molecule has 2 atom stereocenters. The van der Waals surface area contributed by atoms with Gasteiger partial charge in [-0.2, -0.15) is 0 Å². The van der Waals surface area contributed by atoms with Gasteiger partial charge in [-0.15, -0.1) is 24.8 Å². The summed E-state index contributed by atoms with van der Waals surface area (Å²) in [7, 11) is 0. The Labute approximate surface area is 368 Å². The van der Waals surface area contributed by atoms with E-state index in [4.69, 9.17) is 0 Å². The average Bonchev–Trinajstić information content (AvgIpc) is 3.79. The first kappa shape index (κ1) is 44.9. The van der Waals surface area contributed by atoms with Gasteiger partial charge >= 0.3 is 347 Å². The fraction of sp³-hybridized carbons (Fsp3) is 0.321. The van der Waals surface area contributed by atoms with Crippen LogP contribution in [0, 0.1) is 5.92 Å². The molecule has 5 heteroatoms. The number of benzene rings is 5. The van der Waals surface area contributed by atoms with Crippen molar-refractivity contribution in [1.29, 1.82) is 0 Å². The van der Waals surface area contributed by atoms with E-state index in [9.17, 15) is 0 Å². The summed E-state index contributed by atoms with van der Waals surface area (Å²) in [6.45, 7) is 26.0. The van der Waals surface area contributed by atoms with Gasteiger partial charge in [-0.25, -0.2) is 0 Å². The maximum Gasteiger partial charge on any atom is -0.147 e. The molecular weight excluding hydrogens is 859 g/mol. The summed E-state index contributed by atoms with van der Waals surface area (Å²) in [4.78, 5) is 1.59. The third-order valence-corrected chi connectivity index (χ3v) is 31.0. The Morgan fingerprint density at radius 2 is 1.24 bits per heavy atom. The molecule has 3 aliphatic rings. The molecule has 302 valence electrons. The molecule has 0 spiro atoms. The van der Waals surface area contributed by atoms with E-state index in [1.54, 1.807) is 19.3 Å². The van der Waals surface area contributed by atoms with Crippen molar-refractivity contribution in [3.8, 4) is 22.3 Å². The molecule has 0 fully saturated rings. The zero-order valence-electron chi connectivity index (χ0n) is 36.6. The number of rotatable bonds is 6. The van der Waals surface area contributed by atoms with Crippen molar-refractivity contribution in [3.05, 3.63) is 162 Å². The van der Waals surface area contributed by atoms with Gasteiger partial charge in [-0.1, -0.05) is 0 Å². The van der Waals surface area contributed by atoms with E-state index in [2.05, 4.69) is 212 Å². The Bertz CT molecular complexity index is 2630. The molecule has 0 radical (unpaired) electrons. The summed E-state index contributed by atoms with van der Waals surface area (Å²) in [6, 6.07) is 39.8. The van der Waals surface area contributed by atoms with Crippen molar-refractivity contribution in [3.63, 3.8) is 0 Å². The predicted octanol–water partition coefficient (Wildman–Crippen LogP) is 15.8. The molecule has 0 saturated heterocycles. The van der Waals surface area contributed by atoms with Gasteiger partial charge in [0, 0.05) is 0 Å². The van der Waals surface area contributed by atoms with Crippen LogP contribution in [0.4, 0.5) is 0 Å². The molecule has 0 amide bonds. The molecule has 0 saturated carbocycles. The minimum Gasteiger partial charge on any atom is -0.147 e. The third kappa shape index (κ3) is 7.64. The average molecular weight is 921 g/mol. The van der Waals surface area contributed by atoms with Crippen LogP contribution in [0.2, 0.25) is 9.26 Å². The number of hydrogen-bond acceptors (Lipinski definition) is 1. The minimum atomic E-state index is -3.95. The quantitative estimate of drug-likeness (QED) is 0.153. The predicted molar refractivity (Wildman–Crippen MR) is 264 cm³/mol. The summed E-state index contributed by atoms with van der Waals surface area (Å²) in [6.07, 6.45) is 5.22. The smallest absolute Gasteiger partial charge is 0.147 e. The van der Waals surface area contributed by atoms with Gasteiger partial charge in [-0.3, -0.25) is 0 Å². The molecule has 5 aromatic carbocycles. The molecule has 1 heterocycles. The topological polar surface area (TPSA) is 0 Å². The van der Waals surface area contributed by atoms with Gasteiger partial charge in [0.15, 0.2) is 0 Å². The molecule has 0 nitrogen and oxygen atoms in total. The number of fused-ring (bicyclic) bond motifs is 3. The molecule has 5 aromatic rings. The van der Waals surface area contributed by atoms with Crippen LogP contribution >= 0.6 is 36.6 Å². The molecule has 0 bridgehead atoms. The molecule has 0 aromatic heterocycles. The minimum absolute atomic E-state index is 0. The van der Waals surface area contributed by atoms with Crippen molar-refractivity contribution in [2.45, 2.75) is 98.2 Å². The molecular formula is C53H62Cl2SSiZr.